The van der Waals surface area contributed by atoms with Gasteiger partial charge < -0.3 is 13.8 Å². The maximum atomic E-state index is 12.8. The van der Waals surface area contributed by atoms with Crippen molar-refractivity contribution in [3.63, 3.8) is 0 Å². The number of furan rings is 1. The molecule has 1 aliphatic rings. The molecule has 0 unspecified atom stereocenters. The van der Waals surface area contributed by atoms with Gasteiger partial charge in [0.25, 0.3) is 5.56 Å². The topological polar surface area (TPSA) is 94.4 Å². The van der Waals surface area contributed by atoms with E-state index in [1.54, 1.807) is 29.4 Å². The minimum Gasteiger partial charge on any atom is -0.463 e. The van der Waals surface area contributed by atoms with Gasteiger partial charge in [0.05, 0.1) is 24.1 Å². The van der Waals surface area contributed by atoms with Crippen LogP contribution in [0.1, 0.15) is 24.1 Å². The van der Waals surface area contributed by atoms with Gasteiger partial charge in [-0.05, 0) is 43.2 Å². The lowest BCUT2D eigenvalue weighted by molar-refractivity contribution is -0.117. The zero-order valence-electron chi connectivity index (χ0n) is 16.9. The Labute approximate surface area is 177 Å². The van der Waals surface area contributed by atoms with Gasteiger partial charge in [-0.3, -0.25) is 9.59 Å². The van der Waals surface area contributed by atoms with E-state index >= 15 is 0 Å². The minimum atomic E-state index is -0.266. The van der Waals surface area contributed by atoms with Crippen LogP contribution in [0.25, 0.3) is 22.8 Å². The Hall–Kier alpha value is -3.94. The molecule has 8 heteroatoms. The third-order valence-corrected chi connectivity index (χ3v) is 5.30. The summed E-state index contributed by atoms with van der Waals surface area (Å²) < 4.78 is 12.3. The number of aromatic nitrogens is 3. The van der Waals surface area contributed by atoms with Gasteiger partial charge in [-0.25, -0.2) is 4.68 Å². The number of anilines is 1. The summed E-state index contributed by atoms with van der Waals surface area (Å²) in [5.74, 6) is 1.13. The monoisotopic (exact) mass is 416 g/mol. The summed E-state index contributed by atoms with van der Waals surface area (Å²) in [6.45, 7) is 2.85. The van der Waals surface area contributed by atoms with E-state index in [0.717, 1.165) is 24.2 Å². The lowest BCUT2D eigenvalue weighted by Gasteiger charge is -2.16. The molecule has 156 valence electrons. The van der Waals surface area contributed by atoms with Crippen LogP contribution in [0.5, 0.6) is 0 Å². The Balaban J connectivity index is 1.49. The summed E-state index contributed by atoms with van der Waals surface area (Å²) in [4.78, 5) is 26.6. The average Bonchev–Trinajstić information content (AvgIpc) is 3.52. The fraction of sp³-hybridized carbons (Fsp3) is 0.217. The van der Waals surface area contributed by atoms with Crippen molar-refractivity contribution in [2.75, 3.05) is 11.4 Å². The molecule has 31 heavy (non-hydrogen) atoms. The molecule has 1 aliphatic heterocycles. The predicted molar refractivity (Wildman–Crippen MR) is 114 cm³/mol. The lowest BCUT2D eigenvalue weighted by atomic mass is 10.1. The Kier molecular flexibility index (Phi) is 4.74. The molecule has 3 aromatic heterocycles. The zero-order valence-corrected chi connectivity index (χ0v) is 16.9. The molecule has 5 rings (SSSR count). The first-order valence-electron chi connectivity index (χ1n) is 10.1. The van der Waals surface area contributed by atoms with E-state index < -0.39 is 0 Å². The van der Waals surface area contributed by atoms with Crippen LogP contribution in [0.15, 0.2) is 68.5 Å². The first-order chi connectivity index (χ1) is 15.1. The van der Waals surface area contributed by atoms with Gasteiger partial charge in [0, 0.05) is 30.8 Å². The van der Waals surface area contributed by atoms with Gasteiger partial charge in [-0.15, -0.1) is 0 Å². The molecule has 0 bridgehead atoms. The summed E-state index contributed by atoms with van der Waals surface area (Å²) in [6.07, 6.45) is 3.03. The number of hydrogen-bond acceptors (Lipinski definition) is 6. The van der Waals surface area contributed by atoms with Crippen LogP contribution in [0.3, 0.4) is 0 Å². The largest absolute Gasteiger partial charge is 0.463 e. The van der Waals surface area contributed by atoms with Crippen LogP contribution in [0.2, 0.25) is 0 Å². The van der Waals surface area contributed by atoms with Gasteiger partial charge >= 0.3 is 0 Å². The normalized spacial score (nSPS) is 13.8. The number of nitrogens with zero attached hydrogens (tertiary/aromatic N) is 4. The van der Waals surface area contributed by atoms with E-state index in [2.05, 4.69) is 10.3 Å². The Bertz CT molecular complexity index is 1290. The van der Waals surface area contributed by atoms with Crippen LogP contribution in [-0.4, -0.2) is 27.4 Å². The van der Waals surface area contributed by atoms with Gasteiger partial charge in [0.1, 0.15) is 5.69 Å². The van der Waals surface area contributed by atoms with E-state index in [-0.39, 0.29) is 18.0 Å². The van der Waals surface area contributed by atoms with Crippen LogP contribution < -0.4 is 10.5 Å². The predicted octanol–water partition coefficient (Wildman–Crippen LogP) is 3.64. The van der Waals surface area contributed by atoms with Crippen LogP contribution in [-0.2, 0) is 11.3 Å². The molecule has 1 saturated heterocycles. The molecule has 0 saturated carbocycles. The molecule has 4 heterocycles. The highest BCUT2D eigenvalue weighted by molar-refractivity contribution is 5.95. The highest BCUT2D eigenvalue weighted by Crippen LogP contribution is 2.30. The molecule has 1 fully saturated rings. The van der Waals surface area contributed by atoms with E-state index in [1.807, 2.05) is 31.2 Å². The van der Waals surface area contributed by atoms with Crippen molar-refractivity contribution in [1.29, 1.82) is 0 Å². The Morgan fingerprint density at radius 3 is 2.55 bits per heavy atom. The van der Waals surface area contributed by atoms with Crippen molar-refractivity contribution in [3.05, 3.63) is 76.4 Å². The maximum absolute atomic E-state index is 12.8. The highest BCUT2D eigenvalue weighted by atomic mass is 16.5. The molecule has 0 radical (unpaired) electrons. The fourth-order valence-electron chi connectivity index (χ4n) is 3.75. The van der Waals surface area contributed by atoms with Crippen molar-refractivity contribution in [3.8, 4) is 22.8 Å². The molecule has 0 spiro atoms. The summed E-state index contributed by atoms with van der Waals surface area (Å²) in [5, 5.41) is 8.48. The fourth-order valence-corrected chi connectivity index (χ4v) is 3.75. The lowest BCUT2D eigenvalue weighted by Crippen LogP contribution is -2.24. The van der Waals surface area contributed by atoms with E-state index in [4.69, 9.17) is 8.94 Å². The van der Waals surface area contributed by atoms with Crippen molar-refractivity contribution < 1.29 is 13.7 Å². The summed E-state index contributed by atoms with van der Waals surface area (Å²) >= 11 is 0. The van der Waals surface area contributed by atoms with Gasteiger partial charge in [-0.1, -0.05) is 17.3 Å². The Morgan fingerprint density at radius 2 is 1.90 bits per heavy atom. The molecular formula is C23H20N4O4. The molecule has 4 aromatic rings. The van der Waals surface area contributed by atoms with Crippen molar-refractivity contribution >= 4 is 11.6 Å². The number of benzene rings is 1. The third kappa shape index (κ3) is 3.68. The standard InChI is InChI=1S/C23H20N4O4/c1-15-12-20(31-25-15)18-13-22(29)27(24-23(18)19-4-3-11-30-19)14-16-6-8-17(9-7-16)26-10-2-5-21(26)28/h3-4,6-9,11-13H,2,5,10,14H2,1H3. The van der Waals surface area contributed by atoms with Gasteiger partial charge in [0.2, 0.25) is 5.91 Å². The number of rotatable bonds is 5. The van der Waals surface area contributed by atoms with E-state index in [1.165, 1.54) is 10.7 Å². The van der Waals surface area contributed by atoms with Crippen molar-refractivity contribution in [2.45, 2.75) is 26.3 Å². The second-order valence-electron chi connectivity index (χ2n) is 7.53. The van der Waals surface area contributed by atoms with E-state index in [9.17, 15) is 9.59 Å². The zero-order chi connectivity index (χ0) is 21.4. The molecule has 0 N–H and O–H groups in total. The highest BCUT2D eigenvalue weighted by Gasteiger charge is 2.22. The van der Waals surface area contributed by atoms with E-state index in [0.29, 0.717) is 34.9 Å². The smallest absolute Gasteiger partial charge is 0.267 e. The minimum absolute atomic E-state index is 0.145. The number of amides is 1. The Morgan fingerprint density at radius 1 is 1.06 bits per heavy atom. The quantitative estimate of drug-likeness (QED) is 0.493. The number of carbonyl (C=O) groups is 1. The van der Waals surface area contributed by atoms with Crippen LogP contribution in [0.4, 0.5) is 5.69 Å². The maximum Gasteiger partial charge on any atom is 0.267 e. The number of hydrogen-bond donors (Lipinski definition) is 0. The number of aryl methyl sites for hydroxylation is 1. The molecule has 8 nitrogen and oxygen atoms in total. The number of carbonyl (C=O) groups excluding carboxylic acids is 1. The summed E-state index contributed by atoms with van der Waals surface area (Å²) in [5.41, 5.74) is 3.25. The first-order valence-corrected chi connectivity index (χ1v) is 10.1. The second kappa shape index (κ2) is 7.71. The molecule has 0 atom stereocenters. The SMILES string of the molecule is Cc1cc(-c2cc(=O)n(Cc3ccc(N4CCCC4=O)cc3)nc2-c2ccco2)on1. The van der Waals surface area contributed by atoms with Gasteiger partial charge in [0.15, 0.2) is 11.5 Å². The summed E-state index contributed by atoms with van der Waals surface area (Å²) in [6, 6.07) is 14.4. The first kappa shape index (κ1) is 19.0. The van der Waals surface area contributed by atoms with Crippen molar-refractivity contribution in [1.82, 2.24) is 14.9 Å². The molecule has 0 aliphatic carbocycles. The van der Waals surface area contributed by atoms with Crippen LogP contribution >= 0.6 is 0 Å². The second-order valence-corrected chi connectivity index (χ2v) is 7.53. The van der Waals surface area contributed by atoms with Crippen molar-refractivity contribution in [2.24, 2.45) is 0 Å². The van der Waals surface area contributed by atoms with Crippen LogP contribution in [0, 0.1) is 6.92 Å². The average molecular weight is 416 g/mol. The third-order valence-electron chi connectivity index (χ3n) is 5.30. The molecule has 1 amide bonds. The molecule has 1 aromatic carbocycles. The molecular weight excluding hydrogens is 396 g/mol. The van der Waals surface area contributed by atoms with Gasteiger partial charge in [-0.2, -0.15) is 5.10 Å². The summed E-state index contributed by atoms with van der Waals surface area (Å²) in [7, 11) is 0.